The number of carbonyl (C=O) groups excluding carboxylic acids is 1. The number of halogens is 1. The number of hydrogen-bond donors (Lipinski definition) is 0. The number of ether oxygens (including phenoxy) is 1. The highest BCUT2D eigenvalue weighted by atomic mass is 19.1. The van der Waals surface area contributed by atoms with Crippen molar-refractivity contribution in [3.63, 3.8) is 0 Å². The van der Waals surface area contributed by atoms with Gasteiger partial charge < -0.3 is 18.6 Å². The van der Waals surface area contributed by atoms with E-state index in [1.807, 2.05) is 11.0 Å². The zero-order chi connectivity index (χ0) is 19.3. The van der Waals surface area contributed by atoms with Gasteiger partial charge in [0, 0.05) is 12.1 Å². The van der Waals surface area contributed by atoms with Crippen molar-refractivity contribution < 1.29 is 18.3 Å². The lowest BCUT2D eigenvalue weighted by atomic mass is 10.0. The lowest BCUT2D eigenvalue weighted by molar-refractivity contribution is -0.0804. The fourth-order valence-corrected chi connectivity index (χ4v) is 4.18. The Bertz CT molecular complexity index is 1060. The molecule has 1 saturated heterocycles. The summed E-state index contributed by atoms with van der Waals surface area (Å²) in [7, 11) is 0. The third-order valence-corrected chi connectivity index (χ3v) is 5.71. The molecule has 2 aromatic heterocycles. The standard InChI is InChI=1S/C21H20FN3O3/c1-14-17(5-8-27-14)20(26)24-7-6-21(12-24)13-25-18(10-23-19(25)11-28-21)15-3-2-4-16(22)9-15/h2-5,8-10H,6-7,11-13H2,1H3. The number of aryl methyl sites for hydroxylation is 1. The molecule has 1 unspecified atom stereocenters. The number of carbonyl (C=O) groups is 1. The van der Waals surface area contributed by atoms with Gasteiger partial charge in [-0.3, -0.25) is 4.79 Å². The van der Waals surface area contributed by atoms with Gasteiger partial charge in [0.15, 0.2) is 0 Å². The van der Waals surface area contributed by atoms with Gasteiger partial charge in [-0.15, -0.1) is 0 Å². The third kappa shape index (κ3) is 2.74. The Morgan fingerprint density at radius 3 is 2.96 bits per heavy atom. The lowest BCUT2D eigenvalue weighted by Crippen LogP contribution is -2.45. The second kappa shape index (κ2) is 6.31. The highest BCUT2D eigenvalue weighted by molar-refractivity contribution is 5.95. The molecule has 2 aliphatic heterocycles. The first-order valence-electron chi connectivity index (χ1n) is 9.32. The largest absolute Gasteiger partial charge is 0.469 e. The zero-order valence-electron chi connectivity index (χ0n) is 15.5. The van der Waals surface area contributed by atoms with Gasteiger partial charge in [0.2, 0.25) is 0 Å². The van der Waals surface area contributed by atoms with Crippen molar-refractivity contribution in [2.75, 3.05) is 13.1 Å². The number of nitrogens with zero attached hydrogens (tertiary/aromatic N) is 3. The molecule has 28 heavy (non-hydrogen) atoms. The van der Waals surface area contributed by atoms with Crippen LogP contribution < -0.4 is 0 Å². The van der Waals surface area contributed by atoms with Gasteiger partial charge in [-0.25, -0.2) is 9.37 Å². The maximum absolute atomic E-state index is 13.7. The van der Waals surface area contributed by atoms with Gasteiger partial charge in [0.1, 0.15) is 29.6 Å². The van der Waals surface area contributed by atoms with Crippen LogP contribution in [0.5, 0.6) is 0 Å². The van der Waals surface area contributed by atoms with E-state index >= 15 is 0 Å². The number of imidazole rings is 1. The maximum atomic E-state index is 13.7. The highest BCUT2D eigenvalue weighted by Crippen LogP contribution is 2.36. The Balaban J connectivity index is 1.41. The molecule has 0 aliphatic carbocycles. The van der Waals surface area contributed by atoms with Crippen molar-refractivity contribution in [2.45, 2.75) is 32.1 Å². The van der Waals surface area contributed by atoms with Crippen molar-refractivity contribution in [1.82, 2.24) is 14.5 Å². The number of likely N-dealkylation sites (tertiary alicyclic amines) is 1. The van der Waals surface area contributed by atoms with E-state index in [1.54, 1.807) is 25.3 Å². The minimum absolute atomic E-state index is 0.0338. The van der Waals surface area contributed by atoms with E-state index in [9.17, 15) is 9.18 Å². The normalized spacial score (nSPS) is 21.3. The molecule has 144 valence electrons. The van der Waals surface area contributed by atoms with Crippen LogP contribution >= 0.6 is 0 Å². The predicted octanol–water partition coefficient (Wildman–Crippen LogP) is 3.41. The average Bonchev–Trinajstić information content (AvgIpc) is 3.40. The first-order chi connectivity index (χ1) is 13.5. The summed E-state index contributed by atoms with van der Waals surface area (Å²) >= 11 is 0. The molecular weight excluding hydrogens is 361 g/mol. The summed E-state index contributed by atoms with van der Waals surface area (Å²) in [6, 6.07) is 8.23. The number of rotatable bonds is 2. The van der Waals surface area contributed by atoms with Gasteiger partial charge in [0.25, 0.3) is 5.91 Å². The smallest absolute Gasteiger partial charge is 0.257 e. The number of benzene rings is 1. The number of furan rings is 1. The van der Waals surface area contributed by atoms with Crippen LogP contribution in [0.3, 0.4) is 0 Å². The van der Waals surface area contributed by atoms with Gasteiger partial charge >= 0.3 is 0 Å². The minimum atomic E-state index is -0.455. The second-order valence-corrected chi connectivity index (χ2v) is 7.50. The van der Waals surface area contributed by atoms with Gasteiger partial charge in [-0.05, 0) is 31.5 Å². The quantitative estimate of drug-likeness (QED) is 0.683. The van der Waals surface area contributed by atoms with Crippen LogP contribution in [-0.4, -0.2) is 39.0 Å². The van der Waals surface area contributed by atoms with Crippen LogP contribution in [0.4, 0.5) is 4.39 Å². The average molecular weight is 381 g/mol. The summed E-state index contributed by atoms with van der Waals surface area (Å²) < 4.78 is 27.2. The number of amides is 1. The first-order valence-corrected chi connectivity index (χ1v) is 9.32. The Hall–Kier alpha value is -2.93. The van der Waals surface area contributed by atoms with Gasteiger partial charge in [0.05, 0.1) is 36.8 Å². The molecule has 1 fully saturated rings. The van der Waals surface area contributed by atoms with E-state index in [4.69, 9.17) is 9.15 Å². The summed E-state index contributed by atoms with van der Waals surface area (Å²) in [5.74, 6) is 1.14. The zero-order valence-corrected chi connectivity index (χ0v) is 15.5. The van der Waals surface area contributed by atoms with E-state index in [1.165, 1.54) is 18.4 Å². The summed E-state index contributed by atoms with van der Waals surface area (Å²) in [6.45, 7) is 3.89. The van der Waals surface area contributed by atoms with Crippen molar-refractivity contribution in [1.29, 1.82) is 0 Å². The molecule has 7 heteroatoms. The SMILES string of the molecule is Cc1occc1C(=O)N1CCC2(C1)Cn1c(-c3cccc(F)c3)cnc1CO2. The highest BCUT2D eigenvalue weighted by Gasteiger charge is 2.45. The Morgan fingerprint density at radius 1 is 1.29 bits per heavy atom. The molecule has 3 aromatic rings. The lowest BCUT2D eigenvalue weighted by Gasteiger charge is -2.35. The number of aromatic nitrogens is 2. The van der Waals surface area contributed by atoms with Gasteiger partial charge in [-0.2, -0.15) is 0 Å². The third-order valence-electron chi connectivity index (χ3n) is 5.71. The first kappa shape index (κ1) is 17.2. The van der Waals surface area contributed by atoms with Crippen LogP contribution in [-0.2, 0) is 17.9 Å². The number of hydrogen-bond acceptors (Lipinski definition) is 4. The Morgan fingerprint density at radius 2 is 2.18 bits per heavy atom. The number of fused-ring (bicyclic) bond motifs is 1. The van der Waals surface area contributed by atoms with Crippen molar-refractivity contribution in [3.05, 3.63) is 65.8 Å². The molecule has 1 atom stereocenters. The van der Waals surface area contributed by atoms with Crippen LogP contribution in [0.1, 0.15) is 28.4 Å². The van der Waals surface area contributed by atoms with Crippen molar-refractivity contribution in [3.8, 4) is 11.3 Å². The monoisotopic (exact) mass is 381 g/mol. The molecule has 4 heterocycles. The molecule has 6 nitrogen and oxygen atoms in total. The van der Waals surface area contributed by atoms with Crippen molar-refractivity contribution in [2.24, 2.45) is 0 Å². The summed E-state index contributed by atoms with van der Waals surface area (Å²) in [6.07, 6.45) is 4.05. The van der Waals surface area contributed by atoms with E-state index in [-0.39, 0.29) is 11.7 Å². The minimum Gasteiger partial charge on any atom is -0.469 e. The summed E-state index contributed by atoms with van der Waals surface area (Å²) in [5.41, 5.74) is 1.79. The van der Waals surface area contributed by atoms with E-state index in [0.29, 0.717) is 37.6 Å². The van der Waals surface area contributed by atoms with Crippen molar-refractivity contribution >= 4 is 5.91 Å². The van der Waals surface area contributed by atoms with E-state index in [0.717, 1.165) is 23.5 Å². The molecule has 0 bridgehead atoms. The molecule has 2 aliphatic rings. The summed E-state index contributed by atoms with van der Waals surface area (Å²) in [4.78, 5) is 19.1. The van der Waals surface area contributed by atoms with Crippen LogP contribution in [0, 0.1) is 12.7 Å². The molecule has 5 rings (SSSR count). The molecule has 1 amide bonds. The maximum Gasteiger partial charge on any atom is 0.257 e. The van der Waals surface area contributed by atoms with E-state index in [2.05, 4.69) is 9.55 Å². The Labute approximate surface area is 161 Å². The summed E-state index contributed by atoms with van der Waals surface area (Å²) in [5, 5.41) is 0. The molecular formula is C21H20FN3O3. The van der Waals surface area contributed by atoms with Crippen LogP contribution in [0.2, 0.25) is 0 Å². The fraction of sp³-hybridized carbons (Fsp3) is 0.333. The van der Waals surface area contributed by atoms with Crippen LogP contribution in [0.25, 0.3) is 11.3 Å². The molecule has 1 spiro atoms. The van der Waals surface area contributed by atoms with Crippen LogP contribution in [0.15, 0.2) is 47.2 Å². The fourth-order valence-electron chi connectivity index (χ4n) is 4.18. The van der Waals surface area contributed by atoms with Gasteiger partial charge in [-0.1, -0.05) is 12.1 Å². The second-order valence-electron chi connectivity index (χ2n) is 7.50. The molecule has 0 N–H and O–H groups in total. The Kier molecular flexibility index (Phi) is 3.87. The van der Waals surface area contributed by atoms with E-state index < -0.39 is 5.60 Å². The molecule has 0 radical (unpaired) electrons. The molecule has 1 aromatic carbocycles. The topological polar surface area (TPSA) is 60.5 Å². The molecule has 0 saturated carbocycles. The predicted molar refractivity (Wildman–Crippen MR) is 99.1 cm³/mol.